The predicted molar refractivity (Wildman–Crippen MR) is 87.7 cm³/mol. The summed E-state index contributed by atoms with van der Waals surface area (Å²) >= 11 is 6.52. The Hall–Kier alpha value is -2.32. The Labute approximate surface area is 128 Å². The van der Waals surface area contributed by atoms with Crippen LogP contribution in [0, 0.1) is 6.92 Å². The van der Waals surface area contributed by atoms with Crippen molar-refractivity contribution in [2.24, 2.45) is 0 Å². The third-order valence-corrected chi connectivity index (χ3v) is 3.80. The lowest BCUT2D eigenvalue weighted by Crippen LogP contribution is -2.07. The molecule has 0 aliphatic carbocycles. The van der Waals surface area contributed by atoms with Gasteiger partial charge in [-0.1, -0.05) is 71.8 Å². The van der Waals surface area contributed by atoms with Crippen molar-refractivity contribution in [3.63, 3.8) is 0 Å². The average Bonchev–Trinajstić information content (AvgIpc) is 2.51. The van der Waals surface area contributed by atoms with Gasteiger partial charge in [0.2, 0.25) is 5.56 Å². The van der Waals surface area contributed by atoms with Crippen molar-refractivity contribution in [1.82, 2.24) is 4.98 Å². The number of H-pyrrole nitrogens is 1. The molecule has 0 saturated carbocycles. The summed E-state index contributed by atoms with van der Waals surface area (Å²) in [6.07, 6.45) is 0. The highest BCUT2D eigenvalue weighted by molar-refractivity contribution is 6.35. The van der Waals surface area contributed by atoms with E-state index in [1.165, 1.54) is 6.07 Å². The highest BCUT2D eigenvalue weighted by Crippen LogP contribution is 2.33. The van der Waals surface area contributed by atoms with Crippen LogP contribution in [0.5, 0.6) is 0 Å². The van der Waals surface area contributed by atoms with Crippen LogP contribution in [-0.2, 0) is 0 Å². The Bertz CT molecular complexity index is 820. The van der Waals surface area contributed by atoms with Crippen LogP contribution in [-0.4, -0.2) is 4.98 Å². The summed E-state index contributed by atoms with van der Waals surface area (Å²) in [6.45, 7) is 2.02. The fraction of sp³-hybridized carbons (Fsp3) is 0.0556. The topological polar surface area (TPSA) is 32.9 Å². The van der Waals surface area contributed by atoms with Crippen LogP contribution in [0.2, 0.25) is 5.02 Å². The maximum absolute atomic E-state index is 12.0. The molecule has 1 N–H and O–H groups in total. The summed E-state index contributed by atoms with van der Waals surface area (Å²) in [5.41, 5.74) is 4.24. The van der Waals surface area contributed by atoms with Gasteiger partial charge in [-0.2, -0.15) is 0 Å². The number of hydrogen-bond acceptors (Lipinski definition) is 1. The van der Waals surface area contributed by atoms with Crippen molar-refractivity contribution in [2.75, 3.05) is 0 Å². The van der Waals surface area contributed by atoms with E-state index in [2.05, 4.69) is 4.98 Å². The first-order valence-corrected chi connectivity index (χ1v) is 7.08. The molecule has 0 saturated heterocycles. The van der Waals surface area contributed by atoms with Gasteiger partial charge in [-0.05, 0) is 18.1 Å². The van der Waals surface area contributed by atoms with Crippen LogP contribution in [0.4, 0.5) is 0 Å². The second-order valence-electron chi connectivity index (χ2n) is 4.97. The molecule has 0 radical (unpaired) electrons. The van der Waals surface area contributed by atoms with Crippen molar-refractivity contribution in [3.8, 4) is 22.4 Å². The molecule has 3 rings (SSSR count). The summed E-state index contributed by atoms with van der Waals surface area (Å²) in [5.74, 6) is 0. The third-order valence-electron chi connectivity index (χ3n) is 3.40. The van der Waals surface area contributed by atoms with Gasteiger partial charge in [0.1, 0.15) is 0 Å². The van der Waals surface area contributed by atoms with E-state index in [0.29, 0.717) is 10.7 Å². The first-order valence-electron chi connectivity index (χ1n) is 6.70. The van der Waals surface area contributed by atoms with Gasteiger partial charge in [0, 0.05) is 11.6 Å². The summed E-state index contributed by atoms with van der Waals surface area (Å²) < 4.78 is 0. The molecule has 2 nitrogen and oxygen atoms in total. The molecule has 2 aromatic carbocycles. The molecule has 0 bridgehead atoms. The molecule has 0 spiro atoms. The third kappa shape index (κ3) is 2.76. The SMILES string of the molecule is Cc1ccc(-c2[nH]c(=O)cc(-c3ccccc3)c2Cl)cc1. The number of nitrogens with one attached hydrogen (secondary N) is 1. The van der Waals surface area contributed by atoms with Gasteiger partial charge in [0.15, 0.2) is 0 Å². The van der Waals surface area contributed by atoms with E-state index in [4.69, 9.17) is 11.6 Å². The molecule has 0 unspecified atom stereocenters. The van der Waals surface area contributed by atoms with Gasteiger partial charge in [-0.15, -0.1) is 0 Å². The van der Waals surface area contributed by atoms with Crippen LogP contribution in [0.1, 0.15) is 5.56 Å². The molecular formula is C18H14ClNO. The lowest BCUT2D eigenvalue weighted by molar-refractivity contribution is 1.24. The molecule has 104 valence electrons. The van der Waals surface area contributed by atoms with Gasteiger partial charge in [-0.3, -0.25) is 4.79 Å². The second kappa shape index (κ2) is 5.58. The number of rotatable bonds is 2. The quantitative estimate of drug-likeness (QED) is 0.732. The first-order chi connectivity index (χ1) is 10.1. The Morgan fingerprint density at radius 1 is 0.905 bits per heavy atom. The number of aryl methyl sites for hydroxylation is 1. The molecule has 3 heteroatoms. The second-order valence-corrected chi connectivity index (χ2v) is 5.35. The van der Waals surface area contributed by atoms with E-state index in [1.54, 1.807) is 0 Å². The summed E-state index contributed by atoms with van der Waals surface area (Å²) in [7, 11) is 0. The number of hydrogen-bond donors (Lipinski definition) is 1. The Kier molecular flexibility index (Phi) is 3.63. The van der Waals surface area contributed by atoms with E-state index >= 15 is 0 Å². The number of aromatic nitrogens is 1. The molecular weight excluding hydrogens is 282 g/mol. The van der Waals surface area contributed by atoms with Crippen LogP contribution in [0.25, 0.3) is 22.4 Å². The summed E-state index contributed by atoms with van der Waals surface area (Å²) in [6, 6.07) is 19.1. The van der Waals surface area contributed by atoms with E-state index in [0.717, 1.165) is 22.3 Å². The molecule has 21 heavy (non-hydrogen) atoms. The van der Waals surface area contributed by atoms with Gasteiger partial charge < -0.3 is 4.98 Å². The monoisotopic (exact) mass is 295 g/mol. The maximum atomic E-state index is 12.0. The Balaban J connectivity index is 2.21. The van der Waals surface area contributed by atoms with Gasteiger partial charge in [-0.25, -0.2) is 0 Å². The number of aromatic amines is 1. The van der Waals surface area contributed by atoms with Gasteiger partial charge in [0.25, 0.3) is 0 Å². The largest absolute Gasteiger partial charge is 0.321 e. The Morgan fingerprint density at radius 2 is 1.57 bits per heavy atom. The number of benzene rings is 2. The average molecular weight is 296 g/mol. The fourth-order valence-corrected chi connectivity index (χ4v) is 2.61. The predicted octanol–water partition coefficient (Wildman–Crippen LogP) is 4.67. The van der Waals surface area contributed by atoms with Crippen molar-refractivity contribution in [3.05, 3.63) is 81.6 Å². The number of pyridine rings is 1. The van der Waals surface area contributed by atoms with Gasteiger partial charge in [0.05, 0.1) is 10.7 Å². The van der Waals surface area contributed by atoms with Crippen molar-refractivity contribution in [2.45, 2.75) is 6.92 Å². The van der Waals surface area contributed by atoms with Crippen LogP contribution in [0.15, 0.2) is 65.5 Å². The molecule has 0 aliphatic heterocycles. The molecule has 0 aliphatic rings. The van der Waals surface area contributed by atoms with E-state index < -0.39 is 0 Å². The highest BCUT2D eigenvalue weighted by atomic mass is 35.5. The zero-order valence-electron chi connectivity index (χ0n) is 11.6. The first kappa shape index (κ1) is 13.7. The summed E-state index contributed by atoms with van der Waals surface area (Å²) in [4.78, 5) is 14.8. The van der Waals surface area contributed by atoms with E-state index in [1.807, 2.05) is 61.5 Å². The highest BCUT2D eigenvalue weighted by Gasteiger charge is 2.12. The standard InChI is InChI=1S/C18H14ClNO/c1-12-7-9-14(10-8-12)18-17(19)15(11-16(21)20-18)13-5-3-2-4-6-13/h2-11H,1H3,(H,20,21). The number of halogens is 1. The lowest BCUT2D eigenvalue weighted by Gasteiger charge is -2.10. The van der Waals surface area contributed by atoms with Crippen LogP contribution in [0.3, 0.4) is 0 Å². The minimum atomic E-state index is -0.158. The van der Waals surface area contributed by atoms with Crippen LogP contribution < -0.4 is 5.56 Å². The Morgan fingerprint density at radius 3 is 2.24 bits per heavy atom. The zero-order valence-corrected chi connectivity index (χ0v) is 12.3. The fourth-order valence-electron chi connectivity index (χ4n) is 2.29. The van der Waals surface area contributed by atoms with E-state index in [9.17, 15) is 4.79 Å². The van der Waals surface area contributed by atoms with Crippen molar-refractivity contribution >= 4 is 11.6 Å². The van der Waals surface area contributed by atoms with Crippen molar-refractivity contribution in [1.29, 1.82) is 0 Å². The minimum Gasteiger partial charge on any atom is -0.321 e. The van der Waals surface area contributed by atoms with E-state index in [-0.39, 0.29) is 5.56 Å². The lowest BCUT2D eigenvalue weighted by atomic mass is 10.0. The zero-order chi connectivity index (χ0) is 14.8. The minimum absolute atomic E-state index is 0.158. The molecule has 1 heterocycles. The molecule has 1 aromatic heterocycles. The summed E-state index contributed by atoms with van der Waals surface area (Å²) in [5, 5.41) is 0.560. The molecule has 3 aromatic rings. The smallest absolute Gasteiger partial charge is 0.249 e. The maximum Gasteiger partial charge on any atom is 0.249 e. The normalized spacial score (nSPS) is 10.6. The molecule has 0 fully saturated rings. The molecule has 0 atom stereocenters. The van der Waals surface area contributed by atoms with Gasteiger partial charge >= 0.3 is 0 Å². The molecule has 0 amide bonds. The van der Waals surface area contributed by atoms with Crippen LogP contribution >= 0.6 is 11.6 Å². The van der Waals surface area contributed by atoms with Crippen molar-refractivity contribution < 1.29 is 0 Å².